The highest BCUT2D eigenvalue weighted by molar-refractivity contribution is 7.07. The Morgan fingerprint density at radius 2 is 1.88 bits per heavy atom. The van der Waals surface area contributed by atoms with Gasteiger partial charge in [0.05, 0.1) is 13.2 Å². The molecule has 0 saturated carbocycles. The summed E-state index contributed by atoms with van der Waals surface area (Å²) < 4.78 is 7.13. The third kappa shape index (κ3) is 7.48. The first kappa shape index (κ1) is 30.2. The van der Waals surface area contributed by atoms with Crippen molar-refractivity contribution in [2.75, 3.05) is 56.6 Å². The normalized spacial score (nSPS) is 13.8. The molecule has 2 aromatic carbocycles. The molecule has 1 aliphatic heterocycles. The van der Waals surface area contributed by atoms with Gasteiger partial charge in [-0.3, -0.25) is 19.1 Å². The molecule has 1 fully saturated rings. The fourth-order valence-electron chi connectivity index (χ4n) is 4.69. The number of thiazole rings is 1. The fraction of sp³-hybridized carbons (Fsp3) is 0.323. The van der Waals surface area contributed by atoms with E-state index in [1.807, 2.05) is 30.3 Å². The number of ether oxygens (including phenoxy) is 1. The van der Waals surface area contributed by atoms with Crippen molar-refractivity contribution in [3.05, 3.63) is 79.8 Å². The number of piperazine rings is 1. The summed E-state index contributed by atoms with van der Waals surface area (Å²) >= 11 is 1.02. The number of hydrogen-bond acceptors (Lipinski definition) is 9. The number of aromatic nitrogens is 1. The largest absolute Gasteiger partial charge is 0.497 e. The number of nitrogens with one attached hydrogen (secondary N) is 2. The Balaban J connectivity index is 1.39. The average Bonchev–Trinajstić information content (AvgIpc) is 3.34. The number of hydrogen-bond donors (Lipinski definition) is 2. The Morgan fingerprint density at radius 3 is 2.55 bits per heavy atom. The Hall–Kier alpha value is -4.80. The lowest BCUT2D eigenvalue weighted by molar-refractivity contribution is -0.115. The van der Waals surface area contributed by atoms with E-state index in [1.54, 1.807) is 26.3 Å². The topological polar surface area (TPSA) is 126 Å². The first-order valence-corrected chi connectivity index (χ1v) is 14.5. The van der Waals surface area contributed by atoms with Gasteiger partial charge in [0.15, 0.2) is 5.57 Å². The standard InChI is InChI=1S/C31H33N7O3S/c1-3-38-30(40)28(42-31(38)27(22-33)29(39)35-15-13-32)11-14-34-24-6-4-5-23(21-24)12-16-36-17-19-37(20-18-36)25-7-9-26(41-2)10-8-25/h4-10,14,21,34H,3,12,15-20H2,1-2H3,(H,35,39)/b31-27-. The van der Waals surface area contributed by atoms with Crippen molar-refractivity contribution < 1.29 is 9.53 Å². The Kier molecular flexibility index (Phi) is 10.6. The predicted molar refractivity (Wildman–Crippen MR) is 165 cm³/mol. The van der Waals surface area contributed by atoms with Crippen LogP contribution in [0.5, 0.6) is 5.75 Å². The number of benzene rings is 2. The van der Waals surface area contributed by atoms with Crippen LogP contribution < -0.4 is 35.0 Å². The summed E-state index contributed by atoms with van der Waals surface area (Å²) in [4.78, 5) is 30.1. The molecular formula is C31H33N7O3S. The maximum absolute atomic E-state index is 12.9. The van der Waals surface area contributed by atoms with E-state index in [0.29, 0.717) is 0 Å². The van der Waals surface area contributed by atoms with Crippen LogP contribution in [-0.4, -0.2) is 61.8 Å². The molecule has 0 unspecified atom stereocenters. The van der Waals surface area contributed by atoms with E-state index in [4.69, 9.17) is 10.00 Å². The second kappa shape index (κ2) is 14.7. The minimum absolute atomic E-state index is 0.204. The lowest BCUT2D eigenvalue weighted by atomic mass is 10.1. The third-order valence-corrected chi connectivity index (χ3v) is 8.09. The molecule has 2 heterocycles. The van der Waals surface area contributed by atoms with E-state index >= 15 is 0 Å². The number of nitrogens with zero attached hydrogens (tertiary/aromatic N) is 5. The highest BCUT2D eigenvalue weighted by atomic mass is 32.1. The zero-order chi connectivity index (χ0) is 29.9. The van der Waals surface area contributed by atoms with E-state index in [2.05, 4.69) is 50.4 Å². The van der Waals surface area contributed by atoms with Crippen molar-refractivity contribution in [2.24, 2.45) is 0 Å². The van der Waals surface area contributed by atoms with Crippen molar-refractivity contribution in [3.63, 3.8) is 0 Å². The van der Waals surface area contributed by atoms with Crippen molar-refractivity contribution >= 4 is 39.9 Å². The molecule has 0 spiro atoms. The van der Waals surface area contributed by atoms with Crippen LogP contribution in [0.25, 0.3) is 11.3 Å². The molecule has 1 aliphatic rings. The first-order chi connectivity index (χ1) is 20.5. The van der Waals surface area contributed by atoms with Crippen LogP contribution in [0, 0.1) is 22.7 Å². The summed E-state index contributed by atoms with van der Waals surface area (Å²) in [5.74, 6) is 0.178. The van der Waals surface area contributed by atoms with Gasteiger partial charge < -0.3 is 20.3 Å². The van der Waals surface area contributed by atoms with Crippen molar-refractivity contribution in [2.45, 2.75) is 19.9 Å². The predicted octanol–water partition coefficient (Wildman–Crippen LogP) is 1.62. The molecule has 1 aromatic heterocycles. The van der Waals surface area contributed by atoms with Gasteiger partial charge in [-0.2, -0.15) is 10.5 Å². The van der Waals surface area contributed by atoms with Crippen molar-refractivity contribution in [1.29, 1.82) is 10.5 Å². The highest BCUT2D eigenvalue weighted by Gasteiger charge is 2.17. The second-order valence-electron chi connectivity index (χ2n) is 9.52. The van der Waals surface area contributed by atoms with Gasteiger partial charge in [0.1, 0.15) is 27.6 Å². The SMILES string of the molecule is CCn1c(=O)c(=C=CNc2cccc(CCN3CCN(c4ccc(OC)cc4)CC3)c2)s/c1=C(/C#N)C(=O)NCC#N. The van der Waals surface area contributed by atoms with Crippen LogP contribution in [0.1, 0.15) is 12.5 Å². The quantitative estimate of drug-likeness (QED) is 0.345. The molecule has 0 atom stereocenters. The number of carbonyl (C=O) groups excluding carboxylic acids is 1. The molecule has 0 bridgehead atoms. The van der Waals surface area contributed by atoms with E-state index < -0.39 is 5.91 Å². The lowest BCUT2D eigenvalue weighted by Crippen LogP contribution is -2.46. The van der Waals surface area contributed by atoms with E-state index in [0.717, 1.165) is 61.9 Å². The summed E-state index contributed by atoms with van der Waals surface area (Å²) in [5, 5.41) is 23.8. The number of nitriles is 2. The van der Waals surface area contributed by atoms with Crippen LogP contribution in [0.3, 0.4) is 0 Å². The molecule has 42 heavy (non-hydrogen) atoms. The van der Waals surface area contributed by atoms with Gasteiger partial charge in [0.2, 0.25) is 0 Å². The molecule has 3 aromatic rings. The zero-order valence-electron chi connectivity index (χ0n) is 23.7. The van der Waals surface area contributed by atoms with Crippen LogP contribution in [0.15, 0.2) is 59.5 Å². The lowest BCUT2D eigenvalue weighted by Gasteiger charge is -2.36. The second-order valence-corrected chi connectivity index (χ2v) is 10.5. The smallest absolute Gasteiger partial charge is 0.277 e. The van der Waals surface area contributed by atoms with E-state index in [-0.39, 0.29) is 33.4 Å². The summed E-state index contributed by atoms with van der Waals surface area (Å²) in [6.07, 6.45) is 2.48. The molecule has 0 aliphatic carbocycles. The third-order valence-electron chi connectivity index (χ3n) is 6.98. The summed E-state index contributed by atoms with van der Waals surface area (Å²) in [6, 6.07) is 20.0. The Bertz CT molecular complexity index is 1700. The minimum Gasteiger partial charge on any atom is -0.497 e. The highest BCUT2D eigenvalue weighted by Crippen LogP contribution is 2.20. The molecule has 216 valence electrons. The monoisotopic (exact) mass is 583 g/mol. The molecule has 2 N–H and O–H groups in total. The van der Waals surface area contributed by atoms with Gasteiger partial charge in [0.25, 0.3) is 11.5 Å². The number of methoxy groups -OCH3 is 1. The van der Waals surface area contributed by atoms with Gasteiger partial charge in [-0.25, -0.2) is 0 Å². The van der Waals surface area contributed by atoms with Gasteiger partial charge in [-0.15, -0.1) is 11.3 Å². The fourth-order valence-corrected chi connectivity index (χ4v) is 5.76. The maximum Gasteiger partial charge on any atom is 0.277 e. The van der Waals surface area contributed by atoms with E-state index in [9.17, 15) is 14.9 Å². The zero-order valence-corrected chi connectivity index (χ0v) is 24.5. The molecule has 4 rings (SSSR count). The molecule has 11 heteroatoms. The molecule has 0 radical (unpaired) electrons. The van der Waals surface area contributed by atoms with Gasteiger partial charge >= 0.3 is 0 Å². The molecule has 1 saturated heterocycles. The molecule has 1 amide bonds. The van der Waals surface area contributed by atoms with Crippen LogP contribution in [0.4, 0.5) is 11.4 Å². The molecular weight excluding hydrogens is 550 g/mol. The summed E-state index contributed by atoms with van der Waals surface area (Å²) in [7, 11) is 1.68. The minimum atomic E-state index is -0.688. The number of carbonyl (C=O) groups is 1. The van der Waals surface area contributed by atoms with Gasteiger partial charge in [-0.05, 0) is 55.3 Å². The molecule has 10 nitrogen and oxygen atoms in total. The number of amides is 1. The number of anilines is 2. The van der Waals surface area contributed by atoms with Gasteiger partial charge in [-0.1, -0.05) is 17.9 Å². The maximum atomic E-state index is 12.9. The number of rotatable bonds is 10. The van der Waals surface area contributed by atoms with Gasteiger partial charge in [0, 0.05) is 56.8 Å². The van der Waals surface area contributed by atoms with Crippen LogP contribution in [0.2, 0.25) is 0 Å². The Labute approximate surface area is 248 Å². The van der Waals surface area contributed by atoms with Crippen molar-refractivity contribution in [3.8, 4) is 17.9 Å². The summed E-state index contributed by atoms with van der Waals surface area (Å²) in [5.41, 5.74) is 5.72. The van der Waals surface area contributed by atoms with Crippen molar-refractivity contribution in [1.82, 2.24) is 14.8 Å². The summed E-state index contributed by atoms with van der Waals surface area (Å²) in [6.45, 7) is 6.76. The van der Waals surface area contributed by atoms with E-state index in [1.165, 1.54) is 15.8 Å². The Morgan fingerprint density at radius 1 is 1.12 bits per heavy atom. The van der Waals surface area contributed by atoms with Crippen LogP contribution in [-0.2, 0) is 17.8 Å². The first-order valence-electron chi connectivity index (χ1n) is 13.7. The van der Waals surface area contributed by atoms with Crippen LogP contribution >= 0.6 is 11.3 Å². The average molecular weight is 584 g/mol.